The van der Waals surface area contributed by atoms with Crippen molar-refractivity contribution in [1.82, 2.24) is 4.98 Å². The number of nitro benzene ring substituents is 1. The lowest BCUT2D eigenvalue weighted by atomic mass is 10.1. The molecule has 2 aromatic rings. The van der Waals surface area contributed by atoms with Crippen molar-refractivity contribution in [2.75, 3.05) is 10.1 Å². The fourth-order valence-electron chi connectivity index (χ4n) is 2.30. The first-order valence-corrected chi connectivity index (χ1v) is 9.75. The van der Waals surface area contributed by atoms with Gasteiger partial charge in [-0.2, -0.15) is 0 Å². The van der Waals surface area contributed by atoms with Gasteiger partial charge < -0.3 is 0 Å². The van der Waals surface area contributed by atoms with Crippen LogP contribution in [0.1, 0.15) is 23.7 Å². The van der Waals surface area contributed by atoms with Crippen LogP contribution in [-0.4, -0.2) is 24.1 Å². The first kappa shape index (κ1) is 19.4. The summed E-state index contributed by atoms with van der Waals surface area (Å²) in [5, 5.41) is 11.1. The summed E-state index contributed by atoms with van der Waals surface area (Å²) in [6, 6.07) is 7.02. The van der Waals surface area contributed by atoms with Crippen LogP contribution < -0.4 is 4.31 Å². The monoisotopic (exact) mass is 403 g/mol. The second-order valence-corrected chi connectivity index (χ2v) is 8.13. The van der Waals surface area contributed by atoms with Gasteiger partial charge in [-0.15, -0.1) is 0 Å². The highest BCUT2D eigenvalue weighted by molar-refractivity contribution is 7.93. The molecule has 0 aliphatic carbocycles. The van der Waals surface area contributed by atoms with Gasteiger partial charge in [-0.05, 0) is 30.7 Å². The van der Waals surface area contributed by atoms with Gasteiger partial charge in [-0.1, -0.05) is 30.1 Å². The van der Waals surface area contributed by atoms with Crippen molar-refractivity contribution in [2.45, 2.75) is 18.2 Å². The summed E-state index contributed by atoms with van der Waals surface area (Å²) in [6.07, 6.45) is 3.32. The molecule has 7 nitrogen and oxygen atoms in total. The van der Waals surface area contributed by atoms with Crippen molar-refractivity contribution in [3.63, 3.8) is 0 Å². The number of hydrogen-bond donors (Lipinski definition) is 0. The third kappa shape index (κ3) is 4.39. The van der Waals surface area contributed by atoms with Crippen LogP contribution in [0.15, 0.2) is 42.7 Å². The van der Waals surface area contributed by atoms with Crippen molar-refractivity contribution in [2.24, 2.45) is 0 Å². The van der Waals surface area contributed by atoms with Crippen molar-refractivity contribution < 1.29 is 13.3 Å². The van der Waals surface area contributed by atoms with Gasteiger partial charge in [0.2, 0.25) is 10.0 Å². The minimum absolute atomic E-state index is 0.0198. The Bertz CT molecular complexity index is 860. The Morgan fingerprint density at radius 1 is 1.28 bits per heavy atom. The Hall–Kier alpha value is -1.90. The minimum Gasteiger partial charge on any atom is -0.263 e. The molecule has 0 atom stereocenters. The van der Waals surface area contributed by atoms with Gasteiger partial charge >= 0.3 is 0 Å². The zero-order valence-electron chi connectivity index (χ0n) is 13.2. The average molecular weight is 404 g/mol. The van der Waals surface area contributed by atoms with Gasteiger partial charge in [0.15, 0.2) is 0 Å². The van der Waals surface area contributed by atoms with Gasteiger partial charge in [-0.25, -0.2) is 12.7 Å². The fourth-order valence-corrected chi connectivity index (χ4v) is 4.21. The number of sulfonamides is 1. The van der Waals surface area contributed by atoms with E-state index >= 15 is 0 Å². The lowest BCUT2D eigenvalue weighted by Crippen LogP contribution is -2.28. The summed E-state index contributed by atoms with van der Waals surface area (Å²) in [7, 11) is -3.72. The van der Waals surface area contributed by atoms with Crippen LogP contribution in [-0.2, 0) is 10.0 Å². The van der Waals surface area contributed by atoms with Gasteiger partial charge in [0.05, 0.1) is 33.8 Å². The van der Waals surface area contributed by atoms with Crippen molar-refractivity contribution in [3.05, 3.63) is 58.4 Å². The molecule has 0 saturated carbocycles. The SMILES string of the molecule is CCCS(=O)(=O)N(c1cccnc1)c1ccc([N+](=O)[O-])c(C(Cl)Cl)c1. The molecule has 0 bridgehead atoms. The second kappa shape index (κ2) is 7.99. The third-order valence-electron chi connectivity index (χ3n) is 3.30. The van der Waals surface area contributed by atoms with Crippen LogP contribution in [0.5, 0.6) is 0 Å². The van der Waals surface area contributed by atoms with Crippen LogP contribution in [0.2, 0.25) is 0 Å². The molecule has 25 heavy (non-hydrogen) atoms. The number of hydrogen-bond acceptors (Lipinski definition) is 5. The predicted octanol–water partition coefficient (Wildman–Crippen LogP) is 4.34. The van der Waals surface area contributed by atoms with E-state index in [-0.39, 0.29) is 22.7 Å². The maximum absolute atomic E-state index is 12.7. The maximum Gasteiger partial charge on any atom is 0.275 e. The van der Waals surface area contributed by atoms with Crippen LogP contribution in [0.3, 0.4) is 0 Å². The summed E-state index contributed by atoms with van der Waals surface area (Å²) in [4.78, 5) is 13.3. The van der Waals surface area contributed by atoms with E-state index in [1.165, 1.54) is 30.6 Å². The molecule has 0 amide bonds. The molecular formula is C15H15Cl2N3O4S. The highest BCUT2D eigenvalue weighted by Crippen LogP contribution is 2.38. The molecule has 2 rings (SSSR count). The second-order valence-electron chi connectivity index (χ2n) is 5.09. The standard InChI is InChI=1S/C15H15Cl2N3O4S/c1-2-8-25(23,24)19(12-4-3-7-18-10-12)11-5-6-14(20(21)22)13(9-11)15(16)17/h3-7,9-10,15H,2,8H2,1H3. The van der Waals surface area contributed by atoms with E-state index in [1.807, 2.05) is 0 Å². The van der Waals surface area contributed by atoms with Gasteiger partial charge in [-0.3, -0.25) is 15.1 Å². The Labute approximate surface area is 155 Å². The topological polar surface area (TPSA) is 93.4 Å². The Morgan fingerprint density at radius 3 is 2.52 bits per heavy atom. The summed E-state index contributed by atoms with van der Waals surface area (Å²) in [6.45, 7) is 1.74. The van der Waals surface area contributed by atoms with Crippen LogP contribution in [0.25, 0.3) is 0 Å². The van der Waals surface area contributed by atoms with Crippen molar-refractivity contribution in [1.29, 1.82) is 0 Å². The van der Waals surface area contributed by atoms with Gasteiger partial charge in [0.25, 0.3) is 5.69 Å². The molecular weight excluding hydrogens is 389 g/mol. The van der Waals surface area contributed by atoms with Gasteiger partial charge in [0, 0.05) is 12.3 Å². The Balaban J connectivity index is 2.67. The predicted molar refractivity (Wildman–Crippen MR) is 98.0 cm³/mol. The smallest absolute Gasteiger partial charge is 0.263 e. The van der Waals surface area contributed by atoms with Gasteiger partial charge in [0.1, 0.15) is 4.84 Å². The van der Waals surface area contributed by atoms with Crippen LogP contribution >= 0.6 is 23.2 Å². The number of benzene rings is 1. The number of nitrogens with zero attached hydrogens (tertiary/aromatic N) is 3. The van der Waals surface area contributed by atoms with E-state index in [1.54, 1.807) is 19.1 Å². The van der Waals surface area contributed by atoms with Crippen molar-refractivity contribution >= 4 is 50.3 Å². The quantitative estimate of drug-likeness (QED) is 0.389. The van der Waals surface area contributed by atoms with Crippen LogP contribution in [0, 0.1) is 10.1 Å². The maximum atomic E-state index is 12.7. The molecule has 1 heterocycles. The first-order chi connectivity index (χ1) is 11.8. The lowest BCUT2D eigenvalue weighted by molar-refractivity contribution is -0.385. The molecule has 0 spiro atoms. The van der Waals surface area contributed by atoms with E-state index in [4.69, 9.17) is 23.2 Å². The Kier molecular flexibility index (Phi) is 6.21. The number of aromatic nitrogens is 1. The number of pyridine rings is 1. The van der Waals surface area contributed by atoms with E-state index in [9.17, 15) is 18.5 Å². The van der Waals surface area contributed by atoms with E-state index in [0.717, 1.165) is 4.31 Å². The summed E-state index contributed by atoms with van der Waals surface area (Å²) < 4.78 is 26.5. The zero-order valence-corrected chi connectivity index (χ0v) is 15.5. The first-order valence-electron chi connectivity index (χ1n) is 7.27. The fraction of sp³-hybridized carbons (Fsp3) is 0.267. The highest BCUT2D eigenvalue weighted by Gasteiger charge is 2.27. The number of nitro groups is 1. The van der Waals surface area contributed by atoms with Crippen LogP contribution in [0.4, 0.5) is 17.1 Å². The third-order valence-corrected chi connectivity index (χ3v) is 5.67. The molecule has 134 valence electrons. The van der Waals surface area contributed by atoms with E-state index in [0.29, 0.717) is 12.1 Å². The summed E-state index contributed by atoms with van der Waals surface area (Å²) >= 11 is 11.7. The minimum atomic E-state index is -3.72. The molecule has 0 fully saturated rings. The largest absolute Gasteiger partial charge is 0.275 e. The number of halogens is 2. The molecule has 0 aliphatic heterocycles. The summed E-state index contributed by atoms with van der Waals surface area (Å²) in [5.74, 6) is -0.0978. The Morgan fingerprint density at radius 2 is 2.00 bits per heavy atom. The van der Waals surface area contributed by atoms with E-state index in [2.05, 4.69) is 4.98 Å². The molecule has 0 N–H and O–H groups in total. The molecule has 10 heteroatoms. The number of alkyl halides is 2. The molecule has 0 saturated heterocycles. The summed E-state index contributed by atoms with van der Waals surface area (Å²) in [5.41, 5.74) is 0.258. The average Bonchev–Trinajstić information content (AvgIpc) is 2.55. The molecule has 0 radical (unpaired) electrons. The number of anilines is 2. The normalized spacial score (nSPS) is 11.5. The molecule has 1 aromatic carbocycles. The zero-order chi connectivity index (χ0) is 18.6. The highest BCUT2D eigenvalue weighted by atomic mass is 35.5. The number of rotatable bonds is 7. The molecule has 1 aromatic heterocycles. The molecule has 0 unspecified atom stereocenters. The van der Waals surface area contributed by atoms with Crippen molar-refractivity contribution in [3.8, 4) is 0 Å². The lowest BCUT2D eigenvalue weighted by Gasteiger charge is -2.24. The molecule has 0 aliphatic rings. The van der Waals surface area contributed by atoms with E-state index < -0.39 is 19.8 Å².